The molecule has 1 aliphatic heterocycles. The normalized spacial score (nSPS) is 16.7. The van der Waals surface area contributed by atoms with Crippen molar-refractivity contribution in [3.05, 3.63) is 35.8 Å². The van der Waals surface area contributed by atoms with Crippen molar-refractivity contribution in [2.24, 2.45) is 4.99 Å². The minimum atomic E-state index is -0.183. The van der Waals surface area contributed by atoms with Crippen LogP contribution in [0.25, 0.3) is 0 Å². The maximum atomic E-state index is 12.0. The Morgan fingerprint density at radius 2 is 2.33 bits per heavy atom. The molecule has 0 radical (unpaired) electrons. The van der Waals surface area contributed by atoms with Crippen LogP contribution in [0.15, 0.2) is 28.1 Å². The second-order valence-electron chi connectivity index (χ2n) is 6.54. The molecule has 3 N–H and O–H groups in total. The summed E-state index contributed by atoms with van der Waals surface area (Å²) >= 11 is 0. The van der Waals surface area contributed by atoms with Gasteiger partial charge in [-0.05, 0) is 32.8 Å². The van der Waals surface area contributed by atoms with Gasteiger partial charge in [0, 0.05) is 37.7 Å². The molecule has 0 bridgehead atoms. The lowest BCUT2D eigenvalue weighted by molar-refractivity contribution is 0.0925. The molecule has 146 valence electrons. The largest absolute Gasteiger partial charge is 0.459 e. The highest BCUT2D eigenvalue weighted by Gasteiger charge is 2.20. The van der Waals surface area contributed by atoms with Crippen LogP contribution in [0.1, 0.15) is 41.7 Å². The van der Waals surface area contributed by atoms with Gasteiger partial charge in [0.15, 0.2) is 11.7 Å². The van der Waals surface area contributed by atoms with E-state index >= 15 is 0 Å². The summed E-state index contributed by atoms with van der Waals surface area (Å²) in [4.78, 5) is 20.8. The van der Waals surface area contributed by atoms with Crippen LogP contribution >= 0.6 is 0 Å². The molecule has 0 aromatic carbocycles. The summed E-state index contributed by atoms with van der Waals surface area (Å²) in [6, 6.07) is 2.06. The molecule has 9 heteroatoms. The molecule has 2 aromatic heterocycles. The molecule has 3 heterocycles. The Morgan fingerprint density at radius 1 is 1.44 bits per heavy atom. The lowest BCUT2D eigenvalue weighted by atomic mass is 10.1. The van der Waals surface area contributed by atoms with Crippen LogP contribution in [0, 0.1) is 6.92 Å². The van der Waals surface area contributed by atoms with E-state index in [9.17, 15) is 4.79 Å². The Balaban J connectivity index is 1.42. The van der Waals surface area contributed by atoms with E-state index in [4.69, 9.17) is 4.42 Å². The molecule has 27 heavy (non-hydrogen) atoms. The summed E-state index contributed by atoms with van der Waals surface area (Å²) in [6.45, 7) is 6.64. The number of carbonyl (C=O) groups excluding carboxylic acids is 1. The topological polar surface area (TPSA) is 109 Å². The summed E-state index contributed by atoms with van der Waals surface area (Å²) in [7, 11) is 0. The van der Waals surface area contributed by atoms with E-state index in [-0.39, 0.29) is 11.9 Å². The number of hydrogen-bond acceptors (Lipinski definition) is 5. The molecule has 9 nitrogen and oxygen atoms in total. The van der Waals surface area contributed by atoms with Crippen LogP contribution in [0.3, 0.4) is 0 Å². The SMILES string of the molecule is CCNC(=NCCCNC(=O)c1occc1C)NC1CCc2ncnn2C1. The van der Waals surface area contributed by atoms with Crippen molar-refractivity contribution in [3.8, 4) is 0 Å². The van der Waals surface area contributed by atoms with Gasteiger partial charge in [-0.1, -0.05) is 0 Å². The third-order valence-electron chi connectivity index (χ3n) is 4.45. The van der Waals surface area contributed by atoms with E-state index in [0.717, 1.165) is 49.7 Å². The highest BCUT2D eigenvalue weighted by molar-refractivity contribution is 5.92. The number of rotatable bonds is 7. The predicted molar refractivity (Wildman–Crippen MR) is 102 cm³/mol. The lowest BCUT2D eigenvalue weighted by Gasteiger charge is -2.25. The van der Waals surface area contributed by atoms with Crippen molar-refractivity contribution in [1.82, 2.24) is 30.7 Å². The maximum absolute atomic E-state index is 12.0. The molecule has 0 aliphatic carbocycles. The number of furan rings is 1. The molecule has 0 fully saturated rings. The van der Waals surface area contributed by atoms with Crippen LogP contribution in [0.2, 0.25) is 0 Å². The number of nitrogens with one attached hydrogen (secondary N) is 3. The number of amides is 1. The smallest absolute Gasteiger partial charge is 0.287 e. The standard InChI is InChI=1S/C18H27N7O2/c1-3-19-18(24-14-5-6-15-22-12-23-25(15)11-14)21-9-4-8-20-17(26)16-13(2)7-10-27-16/h7,10,12,14H,3-6,8-9,11H2,1-2H3,(H,20,26)(H2,19,21,24). The number of nitrogens with zero attached hydrogens (tertiary/aromatic N) is 4. The summed E-state index contributed by atoms with van der Waals surface area (Å²) in [5.41, 5.74) is 0.840. The Labute approximate surface area is 158 Å². The monoisotopic (exact) mass is 373 g/mol. The van der Waals surface area contributed by atoms with Gasteiger partial charge in [-0.15, -0.1) is 0 Å². The van der Waals surface area contributed by atoms with E-state index < -0.39 is 0 Å². The van der Waals surface area contributed by atoms with E-state index in [0.29, 0.717) is 18.8 Å². The fourth-order valence-electron chi connectivity index (χ4n) is 3.03. The zero-order chi connectivity index (χ0) is 19.1. The molecule has 1 amide bonds. The molecule has 1 unspecified atom stereocenters. The second-order valence-corrected chi connectivity index (χ2v) is 6.54. The van der Waals surface area contributed by atoms with Gasteiger partial charge in [-0.25, -0.2) is 9.67 Å². The van der Waals surface area contributed by atoms with E-state index in [2.05, 4.69) is 31.0 Å². The third kappa shape index (κ3) is 5.08. The zero-order valence-corrected chi connectivity index (χ0v) is 15.9. The molecule has 0 saturated heterocycles. The molecule has 1 aliphatic rings. The van der Waals surface area contributed by atoms with Gasteiger partial charge in [0.05, 0.1) is 12.8 Å². The first-order valence-electron chi connectivity index (χ1n) is 9.41. The van der Waals surface area contributed by atoms with Crippen molar-refractivity contribution in [1.29, 1.82) is 0 Å². The Bertz CT molecular complexity index is 780. The van der Waals surface area contributed by atoms with Gasteiger partial charge in [0.1, 0.15) is 12.2 Å². The lowest BCUT2D eigenvalue weighted by Crippen LogP contribution is -2.47. The molecular formula is C18H27N7O2. The van der Waals surface area contributed by atoms with Gasteiger partial charge in [0.25, 0.3) is 5.91 Å². The zero-order valence-electron chi connectivity index (χ0n) is 15.9. The van der Waals surface area contributed by atoms with Gasteiger partial charge in [-0.3, -0.25) is 9.79 Å². The fourth-order valence-corrected chi connectivity index (χ4v) is 3.03. The number of aryl methyl sites for hydroxylation is 2. The molecule has 0 spiro atoms. The minimum Gasteiger partial charge on any atom is -0.459 e. The number of hydrogen-bond donors (Lipinski definition) is 3. The minimum absolute atomic E-state index is 0.183. The Hall–Kier alpha value is -2.84. The van der Waals surface area contributed by atoms with Crippen LogP contribution in [-0.2, 0) is 13.0 Å². The van der Waals surface area contributed by atoms with Crippen LogP contribution < -0.4 is 16.0 Å². The first-order chi connectivity index (χ1) is 13.2. The van der Waals surface area contributed by atoms with Crippen molar-refractivity contribution in [2.45, 2.75) is 45.7 Å². The van der Waals surface area contributed by atoms with Crippen LogP contribution in [0.4, 0.5) is 0 Å². The van der Waals surface area contributed by atoms with Crippen molar-refractivity contribution in [2.75, 3.05) is 19.6 Å². The second kappa shape index (κ2) is 9.20. The highest BCUT2D eigenvalue weighted by atomic mass is 16.3. The average Bonchev–Trinajstić information content (AvgIpc) is 3.29. The van der Waals surface area contributed by atoms with Gasteiger partial charge in [-0.2, -0.15) is 5.10 Å². The van der Waals surface area contributed by atoms with E-state index in [1.54, 1.807) is 12.4 Å². The van der Waals surface area contributed by atoms with Crippen molar-refractivity contribution >= 4 is 11.9 Å². The third-order valence-corrected chi connectivity index (χ3v) is 4.45. The Morgan fingerprint density at radius 3 is 3.11 bits per heavy atom. The summed E-state index contributed by atoms with van der Waals surface area (Å²) < 4.78 is 7.13. The summed E-state index contributed by atoms with van der Waals surface area (Å²) in [6.07, 6.45) is 5.79. The van der Waals surface area contributed by atoms with E-state index in [1.165, 1.54) is 6.26 Å². The van der Waals surface area contributed by atoms with Gasteiger partial charge >= 0.3 is 0 Å². The van der Waals surface area contributed by atoms with Crippen LogP contribution in [-0.4, -0.2) is 52.3 Å². The van der Waals surface area contributed by atoms with Crippen molar-refractivity contribution < 1.29 is 9.21 Å². The Kier molecular flexibility index (Phi) is 6.45. The van der Waals surface area contributed by atoms with E-state index in [1.807, 2.05) is 18.5 Å². The first-order valence-corrected chi connectivity index (χ1v) is 9.41. The molecule has 1 atom stereocenters. The maximum Gasteiger partial charge on any atom is 0.287 e. The highest BCUT2D eigenvalue weighted by Crippen LogP contribution is 2.11. The summed E-state index contributed by atoms with van der Waals surface area (Å²) in [5, 5.41) is 13.8. The predicted octanol–water partition coefficient (Wildman–Crippen LogP) is 0.870. The number of fused-ring (bicyclic) bond motifs is 1. The molecule has 2 aromatic rings. The molecule has 3 rings (SSSR count). The number of guanidine groups is 1. The van der Waals surface area contributed by atoms with Gasteiger partial charge in [0.2, 0.25) is 0 Å². The molecular weight excluding hydrogens is 346 g/mol. The summed E-state index contributed by atoms with van der Waals surface area (Å²) in [5.74, 6) is 2.02. The van der Waals surface area contributed by atoms with Gasteiger partial charge < -0.3 is 20.4 Å². The fraction of sp³-hybridized carbons (Fsp3) is 0.556. The van der Waals surface area contributed by atoms with Crippen molar-refractivity contribution in [3.63, 3.8) is 0 Å². The molecule has 0 saturated carbocycles. The average molecular weight is 373 g/mol. The van der Waals surface area contributed by atoms with Crippen LogP contribution in [0.5, 0.6) is 0 Å². The first kappa shape index (κ1) is 18.9. The quantitative estimate of drug-likeness (QED) is 0.377. The number of aliphatic imine (C=N–C) groups is 1. The number of aromatic nitrogens is 3. The number of carbonyl (C=O) groups is 1.